The molecule has 156 valence electrons. The number of carboxylic acid groups (broad SMARTS) is 1. The quantitative estimate of drug-likeness (QED) is 0.449. The van der Waals surface area contributed by atoms with E-state index in [9.17, 15) is 24.9 Å². The molecular weight excluding hydrogens is 388 g/mol. The zero-order chi connectivity index (χ0) is 21.7. The minimum Gasteiger partial charge on any atom is -0.491 e. The maximum atomic E-state index is 12.4. The molecule has 1 aromatic heterocycles. The number of carboxylic acids is 1. The normalized spacial score (nSPS) is 13.9. The van der Waals surface area contributed by atoms with Crippen molar-refractivity contribution in [2.45, 2.75) is 31.4 Å². The number of carbonyl (C=O) groups is 2. The van der Waals surface area contributed by atoms with Crippen molar-refractivity contribution in [1.82, 2.24) is 10.5 Å². The van der Waals surface area contributed by atoms with E-state index in [1.165, 1.54) is 6.92 Å². The van der Waals surface area contributed by atoms with E-state index in [-0.39, 0.29) is 18.6 Å². The van der Waals surface area contributed by atoms with Gasteiger partial charge in [-0.3, -0.25) is 4.79 Å². The molecule has 2 aromatic carbocycles. The average molecular weight is 410 g/mol. The molecule has 2 atom stereocenters. The summed E-state index contributed by atoms with van der Waals surface area (Å²) in [7, 11) is 0. The maximum Gasteiger partial charge on any atom is 0.335 e. The van der Waals surface area contributed by atoms with Crippen LogP contribution in [0.5, 0.6) is 5.88 Å². The van der Waals surface area contributed by atoms with Gasteiger partial charge in [0.1, 0.15) is 0 Å². The summed E-state index contributed by atoms with van der Waals surface area (Å²) < 4.78 is 4.73. The predicted octanol–water partition coefficient (Wildman–Crippen LogP) is 2.61. The van der Waals surface area contributed by atoms with E-state index in [4.69, 9.17) is 4.52 Å². The third-order valence-electron chi connectivity index (χ3n) is 4.70. The Kier molecular flexibility index (Phi) is 6.17. The number of rotatable bonds is 8. The number of hydrogen-bond donors (Lipinski definition) is 4. The summed E-state index contributed by atoms with van der Waals surface area (Å²) in [4.78, 5) is 23.7. The van der Waals surface area contributed by atoms with Gasteiger partial charge in [-0.15, -0.1) is 0 Å². The minimum absolute atomic E-state index is 0.216. The Labute approximate surface area is 172 Å². The van der Waals surface area contributed by atoms with Gasteiger partial charge in [-0.05, 0) is 35.2 Å². The monoisotopic (exact) mass is 410 g/mol. The summed E-state index contributed by atoms with van der Waals surface area (Å²) in [5.41, 5.74) is 0.898. The number of carbonyl (C=O) groups excluding carboxylic acids is 1. The summed E-state index contributed by atoms with van der Waals surface area (Å²) in [5.74, 6) is -2.72. The van der Waals surface area contributed by atoms with Crippen LogP contribution in [0.2, 0.25) is 0 Å². The smallest absolute Gasteiger partial charge is 0.335 e. The highest BCUT2D eigenvalue weighted by atomic mass is 16.5. The molecule has 8 heteroatoms. The van der Waals surface area contributed by atoms with E-state index in [1.807, 2.05) is 54.6 Å². The van der Waals surface area contributed by atoms with Crippen molar-refractivity contribution in [3.8, 4) is 17.0 Å². The molecule has 1 amide bonds. The van der Waals surface area contributed by atoms with Crippen LogP contribution in [0.15, 0.2) is 65.2 Å². The number of nitrogens with one attached hydrogen (secondary N) is 1. The molecule has 0 spiro atoms. The first-order valence-electron chi connectivity index (χ1n) is 9.31. The molecule has 0 saturated heterocycles. The Morgan fingerprint density at radius 3 is 2.30 bits per heavy atom. The number of hydrogen-bond acceptors (Lipinski definition) is 6. The van der Waals surface area contributed by atoms with Crippen LogP contribution in [0.3, 0.4) is 0 Å². The van der Waals surface area contributed by atoms with Gasteiger partial charge in [0.2, 0.25) is 5.76 Å². The number of aromatic nitrogens is 1. The second kappa shape index (κ2) is 8.79. The first-order valence-corrected chi connectivity index (χ1v) is 9.31. The summed E-state index contributed by atoms with van der Waals surface area (Å²) >= 11 is 0. The first kappa shape index (κ1) is 21.1. The van der Waals surface area contributed by atoms with Gasteiger partial charge in [0.05, 0.1) is 6.07 Å². The van der Waals surface area contributed by atoms with E-state index in [2.05, 4.69) is 10.5 Å². The molecule has 0 fully saturated rings. The largest absolute Gasteiger partial charge is 0.491 e. The molecular formula is C22H22N2O6. The number of benzene rings is 2. The van der Waals surface area contributed by atoms with Gasteiger partial charge in [0.15, 0.2) is 5.60 Å². The standard InChI is InChI=1S/C22H22N2O6/c1-22(29,21(27)28)13-17(23-20(26)18-12-19(25)24-30-18)11-14-7-9-16(10-8-14)15-5-3-2-4-6-15/h2-10,12,17,29H,11,13H2,1H3,(H,23,26)(H,24,25)(H,27,28). The summed E-state index contributed by atoms with van der Waals surface area (Å²) in [6.45, 7) is 1.17. The van der Waals surface area contributed by atoms with E-state index < -0.39 is 29.4 Å². The van der Waals surface area contributed by atoms with E-state index in [0.717, 1.165) is 22.8 Å². The lowest BCUT2D eigenvalue weighted by Crippen LogP contribution is -2.46. The average Bonchev–Trinajstić information content (AvgIpc) is 3.15. The molecule has 4 N–H and O–H groups in total. The van der Waals surface area contributed by atoms with Gasteiger partial charge < -0.3 is 25.2 Å². The lowest BCUT2D eigenvalue weighted by molar-refractivity contribution is -0.157. The molecule has 30 heavy (non-hydrogen) atoms. The third-order valence-corrected chi connectivity index (χ3v) is 4.70. The molecule has 0 saturated carbocycles. The molecule has 0 bridgehead atoms. The second-order valence-electron chi connectivity index (χ2n) is 7.27. The molecule has 0 radical (unpaired) electrons. The molecule has 0 aliphatic rings. The van der Waals surface area contributed by atoms with E-state index in [0.29, 0.717) is 0 Å². The highest BCUT2D eigenvalue weighted by Crippen LogP contribution is 2.22. The highest BCUT2D eigenvalue weighted by Gasteiger charge is 2.34. The minimum atomic E-state index is -2.04. The fourth-order valence-corrected chi connectivity index (χ4v) is 3.12. The molecule has 3 rings (SSSR count). The Balaban J connectivity index is 1.77. The van der Waals surface area contributed by atoms with E-state index in [1.54, 1.807) is 0 Å². The fourth-order valence-electron chi connectivity index (χ4n) is 3.12. The van der Waals surface area contributed by atoms with Gasteiger partial charge in [-0.25, -0.2) is 4.79 Å². The molecule has 2 unspecified atom stereocenters. The van der Waals surface area contributed by atoms with E-state index >= 15 is 0 Å². The Bertz CT molecular complexity index is 1010. The predicted molar refractivity (Wildman–Crippen MR) is 108 cm³/mol. The van der Waals surface area contributed by atoms with Crippen molar-refractivity contribution in [1.29, 1.82) is 0 Å². The number of aliphatic hydroxyl groups is 1. The van der Waals surface area contributed by atoms with Crippen molar-refractivity contribution in [3.05, 3.63) is 72.0 Å². The third kappa shape index (κ3) is 5.24. The second-order valence-corrected chi connectivity index (χ2v) is 7.27. The van der Waals surface area contributed by atoms with Crippen LogP contribution in [0.4, 0.5) is 0 Å². The number of aliphatic carboxylic acids is 1. The van der Waals surface area contributed by atoms with Gasteiger partial charge >= 0.3 is 5.97 Å². The van der Waals surface area contributed by atoms with Crippen LogP contribution in [-0.4, -0.2) is 44.0 Å². The molecule has 1 heterocycles. The number of nitrogens with zero attached hydrogens (tertiary/aromatic N) is 1. The van der Waals surface area contributed by atoms with Gasteiger partial charge in [-0.1, -0.05) is 54.6 Å². The molecule has 0 aliphatic carbocycles. The van der Waals surface area contributed by atoms with Crippen molar-refractivity contribution in [2.24, 2.45) is 0 Å². The van der Waals surface area contributed by atoms with Crippen LogP contribution in [-0.2, 0) is 11.2 Å². The fraction of sp³-hybridized carbons (Fsp3) is 0.227. The maximum absolute atomic E-state index is 12.4. The van der Waals surface area contributed by atoms with Crippen LogP contribution < -0.4 is 5.32 Å². The van der Waals surface area contributed by atoms with Crippen LogP contribution >= 0.6 is 0 Å². The zero-order valence-corrected chi connectivity index (χ0v) is 16.3. The topological polar surface area (TPSA) is 133 Å². The van der Waals surface area contributed by atoms with Gasteiger partial charge in [0, 0.05) is 12.5 Å². The van der Waals surface area contributed by atoms with Crippen molar-refractivity contribution >= 4 is 11.9 Å². The Morgan fingerprint density at radius 2 is 1.73 bits per heavy atom. The Hall–Kier alpha value is -3.65. The Morgan fingerprint density at radius 1 is 1.10 bits per heavy atom. The van der Waals surface area contributed by atoms with Crippen molar-refractivity contribution in [3.63, 3.8) is 0 Å². The van der Waals surface area contributed by atoms with Crippen molar-refractivity contribution < 1.29 is 29.4 Å². The summed E-state index contributed by atoms with van der Waals surface area (Å²) in [6, 6.07) is 17.8. The number of amides is 1. The highest BCUT2D eigenvalue weighted by molar-refractivity contribution is 5.91. The summed E-state index contributed by atoms with van der Waals surface area (Å²) in [6.07, 6.45) is 0.0546. The molecule has 3 aromatic rings. The van der Waals surface area contributed by atoms with Crippen LogP contribution in [0.1, 0.15) is 29.5 Å². The van der Waals surface area contributed by atoms with Crippen LogP contribution in [0, 0.1) is 0 Å². The van der Waals surface area contributed by atoms with Crippen molar-refractivity contribution in [2.75, 3.05) is 0 Å². The number of aromatic hydroxyl groups is 1. The van der Waals surface area contributed by atoms with Gasteiger partial charge in [0.25, 0.3) is 11.8 Å². The lowest BCUT2D eigenvalue weighted by atomic mass is 9.92. The zero-order valence-electron chi connectivity index (χ0n) is 16.3. The van der Waals surface area contributed by atoms with Crippen LogP contribution in [0.25, 0.3) is 11.1 Å². The first-order chi connectivity index (χ1) is 14.2. The molecule has 0 aliphatic heterocycles. The van der Waals surface area contributed by atoms with Gasteiger partial charge in [-0.2, -0.15) is 0 Å². The summed E-state index contributed by atoms with van der Waals surface area (Å²) in [5, 5.41) is 34.6. The SMILES string of the molecule is CC(O)(CC(Cc1ccc(-c2ccccc2)cc1)NC(=O)c1cc(O)no1)C(=O)O. The molecule has 8 nitrogen and oxygen atoms in total. The lowest BCUT2D eigenvalue weighted by Gasteiger charge is -2.25.